The van der Waals surface area contributed by atoms with Crippen LogP contribution in [0.5, 0.6) is 0 Å². The molecule has 0 aromatic heterocycles. The Kier molecular flexibility index (Phi) is 4.34. The highest BCUT2D eigenvalue weighted by molar-refractivity contribution is 6.31. The number of halogens is 1. The zero-order valence-electron chi connectivity index (χ0n) is 12.0. The van der Waals surface area contributed by atoms with Crippen molar-refractivity contribution in [2.24, 2.45) is 0 Å². The quantitative estimate of drug-likeness (QED) is 0.907. The molecule has 6 heteroatoms. The zero-order chi connectivity index (χ0) is 15.5. The first-order valence-electron chi connectivity index (χ1n) is 7.32. The third-order valence-electron chi connectivity index (χ3n) is 3.88. The molecule has 5 nitrogen and oxygen atoms in total. The van der Waals surface area contributed by atoms with E-state index in [1.807, 2.05) is 6.07 Å². The Hall–Kier alpha value is -2.01. The van der Waals surface area contributed by atoms with Crippen molar-refractivity contribution in [1.29, 1.82) is 0 Å². The molecule has 0 aliphatic carbocycles. The monoisotopic (exact) mass is 320 g/mol. The van der Waals surface area contributed by atoms with E-state index in [-0.39, 0.29) is 11.8 Å². The normalized spacial score (nSPS) is 21.7. The Morgan fingerprint density at radius 2 is 2.18 bits per heavy atom. The molecule has 1 unspecified atom stereocenters. The molecule has 1 fully saturated rings. The van der Waals surface area contributed by atoms with Crippen LogP contribution in [0, 0.1) is 0 Å². The molecule has 1 aromatic carbocycles. The van der Waals surface area contributed by atoms with Gasteiger partial charge < -0.3 is 15.0 Å². The van der Waals surface area contributed by atoms with Crippen LogP contribution in [0.3, 0.4) is 0 Å². The second-order valence-corrected chi connectivity index (χ2v) is 5.74. The number of hydrogen-bond donors (Lipinski definition) is 1. The van der Waals surface area contributed by atoms with Crippen LogP contribution < -0.4 is 5.32 Å². The van der Waals surface area contributed by atoms with Gasteiger partial charge in [0, 0.05) is 23.7 Å². The number of ether oxygens (including phenoxy) is 1. The lowest BCUT2D eigenvalue weighted by Gasteiger charge is -2.36. The standard InChI is InChI=1S/C16H17ClN2O3/c17-13-6-2-1-5-12(13)14-15(20)18-7-8-19(14)16(21)11-4-3-9-22-10-11/h1-2,5-6,10,14H,3-4,7-9H2,(H,18,20). The van der Waals surface area contributed by atoms with E-state index in [9.17, 15) is 9.59 Å². The largest absolute Gasteiger partial charge is 0.501 e. The topological polar surface area (TPSA) is 58.6 Å². The summed E-state index contributed by atoms with van der Waals surface area (Å²) in [6.07, 6.45) is 3.00. The second-order valence-electron chi connectivity index (χ2n) is 5.33. The van der Waals surface area contributed by atoms with Crippen molar-refractivity contribution >= 4 is 23.4 Å². The van der Waals surface area contributed by atoms with Gasteiger partial charge in [0.1, 0.15) is 6.04 Å². The number of nitrogens with zero attached hydrogens (tertiary/aromatic N) is 1. The molecule has 2 amide bonds. The van der Waals surface area contributed by atoms with Gasteiger partial charge in [-0.25, -0.2) is 0 Å². The van der Waals surface area contributed by atoms with Gasteiger partial charge in [-0.2, -0.15) is 0 Å². The summed E-state index contributed by atoms with van der Waals surface area (Å²) >= 11 is 6.22. The van der Waals surface area contributed by atoms with Crippen LogP contribution in [-0.2, 0) is 14.3 Å². The van der Waals surface area contributed by atoms with Gasteiger partial charge in [0.25, 0.3) is 5.91 Å². The molecule has 1 N–H and O–H groups in total. The number of amides is 2. The van der Waals surface area contributed by atoms with Gasteiger partial charge in [0.15, 0.2) is 0 Å². The van der Waals surface area contributed by atoms with E-state index in [4.69, 9.17) is 16.3 Å². The molecule has 116 valence electrons. The predicted octanol–water partition coefficient (Wildman–Crippen LogP) is 2.03. The number of nitrogens with one attached hydrogen (secondary N) is 1. The molecule has 2 aliphatic heterocycles. The van der Waals surface area contributed by atoms with Crippen LogP contribution in [0.25, 0.3) is 0 Å². The summed E-state index contributed by atoms with van der Waals surface area (Å²) in [5, 5.41) is 3.29. The first kappa shape index (κ1) is 14.9. The number of carbonyl (C=O) groups is 2. The molecule has 2 heterocycles. The predicted molar refractivity (Wildman–Crippen MR) is 82.2 cm³/mol. The minimum Gasteiger partial charge on any atom is -0.501 e. The molecule has 0 radical (unpaired) electrons. The summed E-state index contributed by atoms with van der Waals surface area (Å²) < 4.78 is 5.25. The van der Waals surface area contributed by atoms with Gasteiger partial charge in [0.05, 0.1) is 18.4 Å². The van der Waals surface area contributed by atoms with E-state index in [0.717, 1.165) is 6.42 Å². The second kappa shape index (κ2) is 6.40. The van der Waals surface area contributed by atoms with Crippen molar-refractivity contribution < 1.29 is 14.3 Å². The molecule has 1 saturated heterocycles. The van der Waals surface area contributed by atoms with Crippen LogP contribution >= 0.6 is 11.6 Å². The average molecular weight is 321 g/mol. The molecule has 0 bridgehead atoms. The van der Waals surface area contributed by atoms with Crippen molar-refractivity contribution in [3.63, 3.8) is 0 Å². The van der Waals surface area contributed by atoms with Crippen molar-refractivity contribution in [1.82, 2.24) is 10.2 Å². The molecule has 0 saturated carbocycles. The van der Waals surface area contributed by atoms with E-state index in [0.29, 0.717) is 42.3 Å². The Morgan fingerprint density at radius 1 is 1.36 bits per heavy atom. The van der Waals surface area contributed by atoms with Crippen LogP contribution in [0.15, 0.2) is 36.1 Å². The molecule has 0 spiro atoms. The van der Waals surface area contributed by atoms with Crippen LogP contribution in [-0.4, -0.2) is 36.4 Å². The van der Waals surface area contributed by atoms with E-state index < -0.39 is 6.04 Å². The highest BCUT2D eigenvalue weighted by Gasteiger charge is 2.36. The molecule has 1 atom stereocenters. The SMILES string of the molecule is O=C1NCCN(C(=O)C2=COCCC2)C1c1ccccc1Cl. The van der Waals surface area contributed by atoms with Crippen molar-refractivity contribution in [2.45, 2.75) is 18.9 Å². The molecular weight excluding hydrogens is 304 g/mol. The first-order valence-corrected chi connectivity index (χ1v) is 7.70. The Bertz CT molecular complexity index is 630. The summed E-state index contributed by atoms with van der Waals surface area (Å²) in [6.45, 7) is 1.53. The van der Waals surface area contributed by atoms with Gasteiger partial charge >= 0.3 is 0 Å². The van der Waals surface area contributed by atoms with Crippen molar-refractivity contribution in [3.05, 3.63) is 46.7 Å². The van der Waals surface area contributed by atoms with E-state index in [1.54, 1.807) is 23.1 Å². The number of benzene rings is 1. The van der Waals surface area contributed by atoms with E-state index in [2.05, 4.69) is 5.32 Å². The summed E-state index contributed by atoms with van der Waals surface area (Å²) in [6, 6.07) is 6.43. The van der Waals surface area contributed by atoms with Crippen LogP contribution in [0.4, 0.5) is 0 Å². The lowest BCUT2D eigenvalue weighted by atomic mass is 10.00. The maximum absolute atomic E-state index is 12.7. The maximum Gasteiger partial charge on any atom is 0.253 e. The zero-order valence-corrected chi connectivity index (χ0v) is 12.8. The third-order valence-corrected chi connectivity index (χ3v) is 4.23. The van der Waals surface area contributed by atoms with Crippen molar-refractivity contribution in [2.75, 3.05) is 19.7 Å². The highest BCUT2D eigenvalue weighted by Crippen LogP contribution is 2.31. The number of carbonyl (C=O) groups excluding carboxylic acids is 2. The number of rotatable bonds is 2. The van der Waals surface area contributed by atoms with E-state index in [1.165, 1.54) is 6.26 Å². The van der Waals surface area contributed by atoms with Gasteiger partial charge in [0.2, 0.25) is 5.91 Å². The van der Waals surface area contributed by atoms with Crippen LogP contribution in [0.2, 0.25) is 5.02 Å². The summed E-state index contributed by atoms with van der Waals surface area (Å²) in [4.78, 5) is 26.7. The molecule has 1 aromatic rings. The highest BCUT2D eigenvalue weighted by atomic mass is 35.5. The minimum absolute atomic E-state index is 0.153. The Morgan fingerprint density at radius 3 is 2.91 bits per heavy atom. The van der Waals surface area contributed by atoms with Crippen LogP contribution in [0.1, 0.15) is 24.4 Å². The van der Waals surface area contributed by atoms with Gasteiger partial charge in [-0.3, -0.25) is 9.59 Å². The third kappa shape index (κ3) is 2.81. The summed E-state index contributed by atoms with van der Waals surface area (Å²) in [7, 11) is 0. The maximum atomic E-state index is 12.7. The summed E-state index contributed by atoms with van der Waals surface area (Å²) in [5.74, 6) is -0.357. The fourth-order valence-electron chi connectivity index (χ4n) is 2.80. The Balaban J connectivity index is 1.93. The molecule has 3 rings (SSSR count). The number of hydrogen-bond acceptors (Lipinski definition) is 3. The lowest BCUT2D eigenvalue weighted by Crippen LogP contribution is -2.52. The van der Waals surface area contributed by atoms with Gasteiger partial charge in [-0.15, -0.1) is 0 Å². The fraction of sp³-hybridized carbons (Fsp3) is 0.375. The molecule has 22 heavy (non-hydrogen) atoms. The fourth-order valence-corrected chi connectivity index (χ4v) is 3.04. The lowest BCUT2D eigenvalue weighted by molar-refractivity contribution is -0.141. The molecular formula is C16H17ClN2O3. The Labute approximate surface area is 133 Å². The molecule has 2 aliphatic rings. The average Bonchev–Trinajstić information content (AvgIpc) is 2.56. The van der Waals surface area contributed by atoms with E-state index >= 15 is 0 Å². The first-order chi connectivity index (χ1) is 10.7. The van der Waals surface area contributed by atoms with Crippen molar-refractivity contribution in [3.8, 4) is 0 Å². The van der Waals surface area contributed by atoms with Gasteiger partial charge in [-0.05, 0) is 18.9 Å². The number of piperazine rings is 1. The minimum atomic E-state index is -0.697. The smallest absolute Gasteiger partial charge is 0.253 e. The summed E-state index contributed by atoms with van der Waals surface area (Å²) in [5.41, 5.74) is 1.25. The van der Waals surface area contributed by atoms with Gasteiger partial charge in [-0.1, -0.05) is 29.8 Å².